The Bertz CT molecular complexity index is 669. The fourth-order valence-corrected chi connectivity index (χ4v) is 2.27. The third kappa shape index (κ3) is 5.52. The maximum Gasteiger partial charge on any atom is 0.251 e. The van der Waals surface area contributed by atoms with Crippen molar-refractivity contribution in [3.05, 3.63) is 71.3 Å². The van der Waals surface area contributed by atoms with Gasteiger partial charge in [0.2, 0.25) is 5.91 Å². The van der Waals surface area contributed by atoms with Crippen molar-refractivity contribution < 1.29 is 9.59 Å². The SMILES string of the molecule is Cc1ccc(C(=O)NCCNC(=O)CC(N)c2ccccc2)cc1. The van der Waals surface area contributed by atoms with Crippen LogP contribution < -0.4 is 16.4 Å². The van der Waals surface area contributed by atoms with Crippen LogP contribution in [0.3, 0.4) is 0 Å². The summed E-state index contributed by atoms with van der Waals surface area (Å²) >= 11 is 0. The second kappa shape index (κ2) is 8.84. The van der Waals surface area contributed by atoms with Gasteiger partial charge >= 0.3 is 0 Å². The molecule has 2 aromatic rings. The number of rotatable bonds is 7. The van der Waals surface area contributed by atoms with Gasteiger partial charge in [-0.3, -0.25) is 9.59 Å². The Kier molecular flexibility index (Phi) is 6.51. The van der Waals surface area contributed by atoms with Crippen molar-refractivity contribution in [3.8, 4) is 0 Å². The van der Waals surface area contributed by atoms with Gasteiger partial charge in [0.1, 0.15) is 0 Å². The number of carbonyl (C=O) groups excluding carboxylic acids is 2. The molecular weight excluding hydrogens is 302 g/mol. The molecule has 0 radical (unpaired) electrons. The van der Waals surface area contributed by atoms with Crippen molar-refractivity contribution in [1.29, 1.82) is 0 Å². The minimum absolute atomic E-state index is 0.129. The largest absolute Gasteiger partial charge is 0.354 e. The van der Waals surface area contributed by atoms with Gasteiger partial charge < -0.3 is 16.4 Å². The monoisotopic (exact) mass is 325 g/mol. The summed E-state index contributed by atoms with van der Waals surface area (Å²) in [5.74, 6) is -0.277. The lowest BCUT2D eigenvalue weighted by atomic mass is 10.0. The first-order valence-electron chi connectivity index (χ1n) is 7.98. The molecule has 1 atom stereocenters. The number of nitrogens with two attached hydrogens (primary N) is 1. The number of carbonyl (C=O) groups is 2. The van der Waals surface area contributed by atoms with Gasteiger partial charge in [0.25, 0.3) is 5.91 Å². The van der Waals surface area contributed by atoms with Crippen LogP contribution in [0.1, 0.15) is 33.9 Å². The van der Waals surface area contributed by atoms with Crippen LogP contribution in [0.2, 0.25) is 0 Å². The molecule has 5 heteroatoms. The summed E-state index contributed by atoms with van der Waals surface area (Å²) in [5.41, 5.74) is 8.65. The van der Waals surface area contributed by atoms with Crippen molar-refractivity contribution >= 4 is 11.8 Å². The lowest BCUT2D eigenvalue weighted by molar-refractivity contribution is -0.121. The molecule has 24 heavy (non-hydrogen) atoms. The van der Waals surface area contributed by atoms with Gasteiger partial charge in [-0.05, 0) is 24.6 Å². The summed E-state index contributed by atoms with van der Waals surface area (Å²) in [4.78, 5) is 23.8. The highest BCUT2D eigenvalue weighted by atomic mass is 16.2. The van der Waals surface area contributed by atoms with Crippen molar-refractivity contribution in [2.24, 2.45) is 5.73 Å². The molecular formula is C19H23N3O2. The molecule has 0 aromatic heterocycles. The van der Waals surface area contributed by atoms with Gasteiger partial charge in [0, 0.05) is 31.1 Å². The van der Waals surface area contributed by atoms with E-state index in [9.17, 15) is 9.59 Å². The Hall–Kier alpha value is -2.66. The Labute approximate surface area is 142 Å². The predicted octanol–water partition coefficient (Wildman–Crippen LogP) is 1.93. The third-order valence-electron chi connectivity index (χ3n) is 3.68. The summed E-state index contributed by atoms with van der Waals surface area (Å²) in [5, 5.41) is 5.54. The predicted molar refractivity (Wildman–Crippen MR) is 94.5 cm³/mol. The molecule has 0 fully saturated rings. The molecule has 0 heterocycles. The standard InChI is InChI=1S/C19H23N3O2/c1-14-7-9-16(10-8-14)19(24)22-12-11-21-18(23)13-17(20)15-5-3-2-4-6-15/h2-10,17H,11-13,20H2,1H3,(H,21,23)(H,22,24). The summed E-state index contributed by atoms with van der Waals surface area (Å²) in [7, 11) is 0. The minimum atomic E-state index is -0.326. The van der Waals surface area contributed by atoms with E-state index in [0.717, 1.165) is 11.1 Å². The average molecular weight is 325 g/mol. The maximum absolute atomic E-state index is 11.9. The fourth-order valence-electron chi connectivity index (χ4n) is 2.27. The molecule has 0 aliphatic carbocycles. The van der Waals surface area contributed by atoms with E-state index in [1.807, 2.05) is 49.4 Å². The number of nitrogens with one attached hydrogen (secondary N) is 2. The molecule has 4 N–H and O–H groups in total. The Morgan fingerprint density at radius 1 is 0.958 bits per heavy atom. The molecule has 2 amide bonds. The van der Waals surface area contributed by atoms with Gasteiger partial charge in [-0.1, -0.05) is 48.0 Å². The quantitative estimate of drug-likeness (QED) is 0.680. The van der Waals surface area contributed by atoms with Gasteiger partial charge in [-0.15, -0.1) is 0 Å². The minimum Gasteiger partial charge on any atom is -0.354 e. The van der Waals surface area contributed by atoms with Crippen LogP contribution in [0, 0.1) is 6.92 Å². The van der Waals surface area contributed by atoms with E-state index >= 15 is 0 Å². The first-order chi connectivity index (χ1) is 11.6. The zero-order valence-electron chi connectivity index (χ0n) is 13.8. The second-order valence-corrected chi connectivity index (χ2v) is 5.69. The fraction of sp³-hybridized carbons (Fsp3) is 0.263. The van der Waals surface area contributed by atoms with Crippen LogP contribution in [-0.2, 0) is 4.79 Å². The summed E-state index contributed by atoms with van der Waals surface area (Å²) < 4.78 is 0. The molecule has 2 aromatic carbocycles. The normalized spacial score (nSPS) is 11.6. The molecule has 0 bridgehead atoms. The van der Waals surface area contributed by atoms with E-state index in [0.29, 0.717) is 18.7 Å². The van der Waals surface area contributed by atoms with Crippen molar-refractivity contribution in [2.75, 3.05) is 13.1 Å². The van der Waals surface area contributed by atoms with Gasteiger partial charge in [-0.2, -0.15) is 0 Å². The van der Waals surface area contributed by atoms with Crippen LogP contribution >= 0.6 is 0 Å². The molecule has 0 aliphatic rings. The number of hydrogen-bond donors (Lipinski definition) is 3. The highest BCUT2D eigenvalue weighted by molar-refractivity contribution is 5.94. The molecule has 126 valence electrons. The molecule has 0 saturated carbocycles. The van der Waals surface area contributed by atoms with Crippen molar-refractivity contribution in [1.82, 2.24) is 10.6 Å². The molecule has 0 aliphatic heterocycles. The average Bonchev–Trinajstić information content (AvgIpc) is 2.60. The topological polar surface area (TPSA) is 84.2 Å². The molecule has 5 nitrogen and oxygen atoms in total. The van der Waals surface area contributed by atoms with Crippen LogP contribution in [-0.4, -0.2) is 24.9 Å². The zero-order valence-corrected chi connectivity index (χ0v) is 13.8. The van der Waals surface area contributed by atoms with E-state index in [2.05, 4.69) is 10.6 Å². The number of aryl methyl sites for hydroxylation is 1. The maximum atomic E-state index is 11.9. The first-order valence-corrected chi connectivity index (χ1v) is 7.98. The summed E-state index contributed by atoms with van der Waals surface area (Å²) in [6.07, 6.45) is 0.218. The van der Waals surface area contributed by atoms with Crippen molar-refractivity contribution in [2.45, 2.75) is 19.4 Å². The highest BCUT2D eigenvalue weighted by Gasteiger charge is 2.11. The lowest BCUT2D eigenvalue weighted by Crippen LogP contribution is -2.35. The summed E-state index contributed by atoms with van der Waals surface area (Å²) in [6.45, 7) is 2.72. The molecule has 0 spiro atoms. The number of benzene rings is 2. The number of hydrogen-bond acceptors (Lipinski definition) is 3. The highest BCUT2D eigenvalue weighted by Crippen LogP contribution is 2.12. The van der Waals surface area contributed by atoms with Gasteiger partial charge in [0.05, 0.1) is 0 Å². The van der Waals surface area contributed by atoms with Crippen molar-refractivity contribution in [3.63, 3.8) is 0 Å². The van der Waals surface area contributed by atoms with Crippen LogP contribution in [0.4, 0.5) is 0 Å². The number of amides is 2. The van der Waals surface area contributed by atoms with E-state index in [-0.39, 0.29) is 24.3 Å². The van der Waals surface area contributed by atoms with Crippen LogP contribution in [0.25, 0.3) is 0 Å². The smallest absolute Gasteiger partial charge is 0.251 e. The molecule has 2 rings (SSSR count). The lowest BCUT2D eigenvalue weighted by Gasteiger charge is -2.12. The third-order valence-corrected chi connectivity index (χ3v) is 3.68. The zero-order chi connectivity index (χ0) is 17.4. The van der Waals surface area contributed by atoms with Gasteiger partial charge in [0.15, 0.2) is 0 Å². The van der Waals surface area contributed by atoms with E-state index in [1.54, 1.807) is 12.1 Å². The van der Waals surface area contributed by atoms with Crippen LogP contribution in [0.15, 0.2) is 54.6 Å². The summed E-state index contributed by atoms with van der Waals surface area (Å²) in [6, 6.07) is 16.5. The van der Waals surface area contributed by atoms with E-state index < -0.39 is 0 Å². The second-order valence-electron chi connectivity index (χ2n) is 5.69. The Balaban J connectivity index is 1.67. The van der Waals surface area contributed by atoms with Crippen LogP contribution in [0.5, 0.6) is 0 Å². The van der Waals surface area contributed by atoms with E-state index in [4.69, 9.17) is 5.73 Å². The van der Waals surface area contributed by atoms with Gasteiger partial charge in [-0.25, -0.2) is 0 Å². The Morgan fingerprint density at radius 2 is 1.58 bits per heavy atom. The molecule has 0 saturated heterocycles. The van der Waals surface area contributed by atoms with E-state index in [1.165, 1.54) is 0 Å². The first kappa shape index (κ1) is 17.7. The molecule has 1 unspecified atom stereocenters. The Morgan fingerprint density at radius 3 is 2.25 bits per heavy atom.